The number of hydrogen-bond donors (Lipinski definition) is 1. The Balaban J connectivity index is 1.61. The van der Waals surface area contributed by atoms with Crippen LogP contribution in [0.4, 0.5) is 5.13 Å². The van der Waals surface area contributed by atoms with Gasteiger partial charge in [-0.2, -0.15) is 0 Å². The molecule has 1 heterocycles. The molecule has 0 spiro atoms. The number of nitrogens with zero attached hydrogens (tertiary/aromatic N) is 3. The molecule has 2 fully saturated rings. The van der Waals surface area contributed by atoms with Crippen molar-refractivity contribution >= 4 is 16.5 Å². The molecular weight excluding hydrogens is 208 g/mol. The maximum absolute atomic E-state index is 5.59. The van der Waals surface area contributed by atoms with E-state index >= 15 is 0 Å². The monoisotopic (exact) mass is 224 g/mol. The largest absolute Gasteiger partial charge is 0.374 e. The molecule has 0 unspecified atom stereocenters. The first kappa shape index (κ1) is 9.54. The van der Waals surface area contributed by atoms with Gasteiger partial charge in [0.05, 0.1) is 6.54 Å². The Morgan fingerprint density at radius 2 is 2.07 bits per heavy atom. The van der Waals surface area contributed by atoms with Gasteiger partial charge in [0, 0.05) is 12.6 Å². The molecule has 0 atom stereocenters. The summed E-state index contributed by atoms with van der Waals surface area (Å²) in [6, 6.07) is 0.815. The molecule has 0 aliphatic heterocycles. The molecule has 3 rings (SSSR count). The van der Waals surface area contributed by atoms with Crippen molar-refractivity contribution < 1.29 is 0 Å². The molecule has 5 heteroatoms. The fourth-order valence-electron chi connectivity index (χ4n) is 1.92. The van der Waals surface area contributed by atoms with Crippen molar-refractivity contribution in [3.8, 4) is 0 Å². The van der Waals surface area contributed by atoms with Crippen molar-refractivity contribution in [3.63, 3.8) is 0 Å². The molecule has 4 nitrogen and oxygen atoms in total. The van der Waals surface area contributed by atoms with Crippen molar-refractivity contribution in [1.82, 2.24) is 15.1 Å². The van der Waals surface area contributed by atoms with Gasteiger partial charge in [-0.15, -0.1) is 10.2 Å². The normalized spacial score (nSPS) is 21.1. The summed E-state index contributed by atoms with van der Waals surface area (Å²) in [6.07, 6.45) is 5.56. The van der Waals surface area contributed by atoms with Crippen molar-refractivity contribution in [3.05, 3.63) is 5.01 Å². The van der Waals surface area contributed by atoms with Crippen LogP contribution in [0.15, 0.2) is 0 Å². The molecule has 0 aromatic carbocycles. The number of hydrogen-bond acceptors (Lipinski definition) is 5. The van der Waals surface area contributed by atoms with Crippen molar-refractivity contribution in [1.29, 1.82) is 0 Å². The van der Waals surface area contributed by atoms with E-state index in [1.54, 1.807) is 0 Å². The van der Waals surface area contributed by atoms with Crippen LogP contribution in [-0.2, 0) is 6.54 Å². The van der Waals surface area contributed by atoms with Crippen LogP contribution in [0.3, 0.4) is 0 Å². The van der Waals surface area contributed by atoms with E-state index in [1.807, 2.05) is 0 Å². The minimum absolute atomic E-state index is 0.590. The predicted molar refractivity (Wildman–Crippen MR) is 60.5 cm³/mol. The lowest BCUT2D eigenvalue weighted by Crippen LogP contribution is -2.27. The van der Waals surface area contributed by atoms with Crippen molar-refractivity contribution in [2.75, 3.05) is 12.3 Å². The van der Waals surface area contributed by atoms with Crippen LogP contribution in [0.5, 0.6) is 0 Å². The highest BCUT2D eigenvalue weighted by molar-refractivity contribution is 7.15. The summed E-state index contributed by atoms with van der Waals surface area (Å²) in [6.45, 7) is 2.21. The number of nitrogen functional groups attached to an aromatic ring is 1. The first-order valence-corrected chi connectivity index (χ1v) is 6.45. The van der Waals surface area contributed by atoms with Gasteiger partial charge in [-0.25, -0.2) is 0 Å². The minimum atomic E-state index is 0.590. The summed E-state index contributed by atoms with van der Waals surface area (Å²) in [7, 11) is 0. The third-order valence-electron chi connectivity index (χ3n) is 3.07. The summed E-state index contributed by atoms with van der Waals surface area (Å²) < 4.78 is 0. The molecule has 0 amide bonds. The second kappa shape index (κ2) is 3.72. The third kappa shape index (κ3) is 2.46. The Kier molecular flexibility index (Phi) is 2.36. The van der Waals surface area contributed by atoms with E-state index in [0.29, 0.717) is 5.13 Å². The summed E-state index contributed by atoms with van der Waals surface area (Å²) in [5.41, 5.74) is 5.59. The highest BCUT2D eigenvalue weighted by Gasteiger charge is 2.33. The topological polar surface area (TPSA) is 55.0 Å². The Labute approximate surface area is 93.5 Å². The fraction of sp³-hybridized carbons (Fsp3) is 0.800. The van der Waals surface area contributed by atoms with Gasteiger partial charge < -0.3 is 5.73 Å². The summed E-state index contributed by atoms with van der Waals surface area (Å²) in [4.78, 5) is 2.57. The summed E-state index contributed by atoms with van der Waals surface area (Å²) in [5, 5.41) is 9.62. The molecular formula is C10H16N4S. The zero-order chi connectivity index (χ0) is 10.3. The maximum Gasteiger partial charge on any atom is 0.203 e. The van der Waals surface area contributed by atoms with Gasteiger partial charge in [-0.1, -0.05) is 11.3 Å². The molecule has 2 saturated carbocycles. The zero-order valence-corrected chi connectivity index (χ0v) is 9.54. The van der Waals surface area contributed by atoms with Gasteiger partial charge >= 0.3 is 0 Å². The Morgan fingerprint density at radius 3 is 2.60 bits per heavy atom. The summed E-state index contributed by atoms with van der Waals surface area (Å²) >= 11 is 1.52. The molecule has 15 heavy (non-hydrogen) atoms. The van der Waals surface area contributed by atoms with E-state index in [-0.39, 0.29) is 0 Å². The van der Waals surface area contributed by atoms with E-state index in [1.165, 1.54) is 43.6 Å². The van der Waals surface area contributed by atoms with Crippen LogP contribution >= 0.6 is 11.3 Å². The van der Waals surface area contributed by atoms with Crippen molar-refractivity contribution in [2.45, 2.75) is 38.3 Å². The van der Waals surface area contributed by atoms with Gasteiger partial charge in [0.2, 0.25) is 5.13 Å². The van der Waals surface area contributed by atoms with E-state index in [4.69, 9.17) is 5.73 Å². The lowest BCUT2D eigenvalue weighted by molar-refractivity contribution is 0.243. The Morgan fingerprint density at radius 1 is 1.27 bits per heavy atom. The van der Waals surface area contributed by atoms with Gasteiger partial charge in [0.1, 0.15) is 5.01 Å². The van der Waals surface area contributed by atoms with Crippen LogP contribution in [0, 0.1) is 5.92 Å². The number of nitrogens with two attached hydrogens (primary N) is 1. The standard InChI is InChI=1S/C10H16N4S/c11-10-13-12-9(15-10)6-14(8-3-4-8)5-7-1-2-7/h7-8H,1-6H2,(H2,11,13). The number of rotatable bonds is 5. The summed E-state index contributed by atoms with van der Waals surface area (Å²) in [5.74, 6) is 0.955. The van der Waals surface area contributed by atoms with Crippen LogP contribution in [-0.4, -0.2) is 27.7 Å². The third-order valence-corrected chi connectivity index (χ3v) is 3.81. The lowest BCUT2D eigenvalue weighted by atomic mass is 10.3. The quantitative estimate of drug-likeness (QED) is 0.823. The molecule has 0 bridgehead atoms. The van der Waals surface area contributed by atoms with E-state index in [0.717, 1.165) is 23.5 Å². The van der Waals surface area contributed by atoms with Crippen LogP contribution in [0.1, 0.15) is 30.7 Å². The second-order valence-electron chi connectivity index (χ2n) is 4.64. The van der Waals surface area contributed by atoms with Gasteiger partial charge in [-0.05, 0) is 31.6 Å². The average Bonchev–Trinajstić information content (AvgIpc) is 3.08. The molecule has 2 aliphatic carbocycles. The fourth-order valence-corrected chi connectivity index (χ4v) is 2.55. The second-order valence-corrected chi connectivity index (χ2v) is 5.73. The van der Waals surface area contributed by atoms with E-state index in [2.05, 4.69) is 15.1 Å². The van der Waals surface area contributed by atoms with Crippen molar-refractivity contribution in [2.24, 2.45) is 5.92 Å². The van der Waals surface area contributed by atoms with E-state index in [9.17, 15) is 0 Å². The molecule has 82 valence electrons. The highest BCUT2D eigenvalue weighted by Crippen LogP contribution is 2.35. The Bertz CT molecular complexity index is 343. The van der Waals surface area contributed by atoms with Gasteiger partial charge in [0.15, 0.2) is 0 Å². The smallest absolute Gasteiger partial charge is 0.203 e. The Hall–Kier alpha value is -0.680. The zero-order valence-electron chi connectivity index (χ0n) is 8.72. The van der Waals surface area contributed by atoms with Crippen LogP contribution < -0.4 is 5.73 Å². The molecule has 2 aliphatic rings. The van der Waals surface area contributed by atoms with E-state index < -0.39 is 0 Å². The first-order chi connectivity index (χ1) is 7.31. The molecule has 2 N–H and O–H groups in total. The van der Waals surface area contributed by atoms with Crippen LogP contribution in [0.2, 0.25) is 0 Å². The van der Waals surface area contributed by atoms with Gasteiger partial charge in [-0.3, -0.25) is 4.90 Å². The van der Waals surface area contributed by atoms with Crippen LogP contribution in [0.25, 0.3) is 0 Å². The molecule has 0 saturated heterocycles. The number of aromatic nitrogens is 2. The number of anilines is 1. The lowest BCUT2D eigenvalue weighted by Gasteiger charge is -2.19. The van der Waals surface area contributed by atoms with Gasteiger partial charge in [0.25, 0.3) is 0 Å². The highest BCUT2D eigenvalue weighted by atomic mass is 32.1. The molecule has 1 aromatic heterocycles. The maximum atomic E-state index is 5.59. The molecule has 1 aromatic rings. The SMILES string of the molecule is Nc1nnc(CN(CC2CC2)C2CC2)s1. The average molecular weight is 224 g/mol. The predicted octanol–water partition coefficient (Wildman–Crippen LogP) is 1.49. The molecule has 0 radical (unpaired) electrons. The first-order valence-electron chi connectivity index (χ1n) is 5.63. The minimum Gasteiger partial charge on any atom is -0.374 e.